The van der Waals surface area contributed by atoms with Gasteiger partial charge in [0.05, 0.1) is 35.5 Å². The molecule has 0 aromatic heterocycles. The lowest BCUT2D eigenvalue weighted by molar-refractivity contribution is 0.105. The zero-order valence-corrected chi connectivity index (χ0v) is 48.5. The Balaban J connectivity index is 0.728. The highest BCUT2D eigenvalue weighted by molar-refractivity contribution is 7.92. The summed E-state index contributed by atoms with van der Waals surface area (Å²) in [5.41, 5.74) is 9.67. The zero-order valence-electron chi connectivity index (χ0n) is 46.1. The van der Waals surface area contributed by atoms with Crippen LogP contribution >= 0.6 is 0 Å². The van der Waals surface area contributed by atoms with Crippen LogP contribution in [0.1, 0.15) is 45.9 Å². The van der Waals surface area contributed by atoms with E-state index in [1.54, 1.807) is 55.6 Å². The Morgan fingerprint density at radius 3 is 1.16 bits per heavy atom. The summed E-state index contributed by atoms with van der Waals surface area (Å²) in [5.74, 6) is 2.47. The molecule has 0 bridgehead atoms. The molecule has 85 heavy (non-hydrogen) atoms. The Kier molecular flexibility index (Phi) is 15.5. The molecule has 0 amide bonds. The maximum Gasteiger partial charge on any atom is 0.206 e. The number of hydrogen-bond acceptors (Lipinski definition) is 10. The van der Waals surface area contributed by atoms with E-state index in [2.05, 4.69) is 91.0 Å². The number of hydrogen-bond donors (Lipinski definition) is 0. The van der Waals surface area contributed by atoms with Crippen molar-refractivity contribution in [1.82, 2.24) is 0 Å². The van der Waals surface area contributed by atoms with E-state index in [1.165, 1.54) is 97.1 Å². The normalized spacial score (nSPS) is 13.7. The minimum atomic E-state index is -3.96. The third kappa shape index (κ3) is 11.5. The Morgan fingerprint density at radius 1 is 0.365 bits per heavy atom. The number of benzene rings is 11. The van der Waals surface area contributed by atoms with Crippen molar-refractivity contribution >= 4 is 57.0 Å². The second-order valence-electron chi connectivity index (χ2n) is 20.3. The van der Waals surface area contributed by atoms with Crippen LogP contribution in [-0.4, -0.2) is 32.4 Å². The summed E-state index contributed by atoms with van der Waals surface area (Å²) < 4.78 is 106. The molecule has 10 nitrogen and oxygen atoms in total. The number of rotatable bonds is 17. The van der Waals surface area contributed by atoms with E-state index in [-0.39, 0.29) is 35.5 Å². The van der Waals surface area contributed by atoms with E-state index in [1.807, 2.05) is 43.3 Å². The highest BCUT2D eigenvalue weighted by atomic mass is 32.2. The number of ether oxygens (including phenoxy) is 4. The summed E-state index contributed by atoms with van der Waals surface area (Å²) in [6.07, 6.45) is 2.97. The topological polar surface area (TPSA) is 139 Å². The van der Waals surface area contributed by atoms with E-state index in [4.69, 9.17) is 18.9 Å². The molecule has 11 aromatic rings. The summed E-state index contributed by atoms with van der Waals surface area (Å²) in [4.78, 5) is 0.503. The second-order valence-corrected chi connectivity index (χ2v) is 26.1. The van der Waals surface area contributed by atoms with Crippen molar-refractivity contribution in [2.24, 2.45) is 0 Å². The molecule has 0 radical (unpaired) electrons. The third-order valence-corrected chi connectivity index (χ3v) is 20.3. The molecule has 11 aromatic carbocycles. The van der Waals surface area contributed by atoms with Crippen LogP contribution in [0.4, 0.5) is 0 Å². The van der Waals surface area contributed by atoms with Gasteiger partial charge in [-0.2, -0.15) is 0 Å². The summed E-state index contributed by atoms with van der Waals surface area (Å²) in [5, 5.41) is 1.86. The minimum absolute atomic E-state index is 0.0303. The molecule has 0 spiro atoms. The van der Waals surface area contributed by atoms with Gasteiger partial charge in [0.2, 0.25) is 29.5 Å². The van der Waals surface area contributed by atoms with Crippen molar-refractivity contribution in [3.63, 3.8) is 0 Å². The maximum absolute atomic E-state index is 14.0. The van der Waals surface area contributed by atoms with Gasteiger partial charge in [0.1, 0.15) is 34.5 Å². The van der Waals surface area contributed by atoms with Crippen LogP contribution in [0.2, 0.25) is 0 Å². The van der Waals surface area contributed by atoms with Gasteiger partial charge in [-0.1, -0.05) is 133 Å². The molecular formula is C72H54O10S3. The van der Waals surface area contributed by atoms with Gasteiger partial charge in [0.25, 0.3) is 0 Å². The van der Waals surface area contributed by atoms with Crippen molar-refractivity contribution in [3.8, 4) is 34.5 Å². The van der Waals surface area contributed by atoms with Crippen LogP contribution in [0.5, 0.6) is 34.5 Å². The van der Waals surface area contributed by atoms with Crippen LogP contribution < -0.4 is 14.2 Å². The SMILES string of the molecule is COC1CC=C(/C(=C(\c2ccccc2)c2ccc(Oc3ccc(S(=O)(=O)c4ccc(Oc5ccc(S(=O)(=O)c6ccc(Oc7ccc(S(=O)(=O)c8ccc(C)cc8)cc7)cc6)cc5)cc4)cc3)c3ccccc23)c2ccccc2)c2ccccc21. The van der Waals surface area contributed by atoms with Crippen molar-refractivity contribution in [2.75, 3.05) is 7.11 Å². The first kappa shape index (κ1) is 55.9. The number of methoxy groups -OCH3 is 1. The second kappa shape index (κ2) is 23.6. The van der Waals surface area contributed by atoms with E-state index in [9.17, 15) is 25.3 Å². The average Bonchev–Trinajstić information content (AvgIpc) is 1.98. The molecule has 0 fully saturated rings. The summed E-state index contributed by atoms with van der Waals surface area (Å²) in [6.45, 7) is 1.88. The Labute approximate surface area is 494 Å². The quantitative estimate of drug-likeness (QED) is 0.0810. The van der Waals surface area contributed by atoms with Crippen molar-refractivity contribution in [2.45, 2.75) is 48.8 Å². The summed E-state index contributed by atoms with van der Waals surface area (Å²) in [6, 6.07) is 78.5. The monoisotopic (exact) mass is 1170 g/mol. The van der Waals surface area contributed by atoms with Crippen molar-refractivity contribution in [3.05, 3.63) is 306 Å². The third-order valence-electron chi connectivity index (χ3n) is 14.9. The van der Waals surface area contributed by atoms with Gasteiger partial charge < -0.3 is 18.9 Å². The number of allylic oxidation sites excluding steroid dienone is 2. The Hall–Kier alpha value is -9.63. The molecule has 0 aliphatic heterocycles. The van der Waals surface area contributed by atoms with Gasteiger partial charge >= 0.3 is 0 Å². The molecular weight excluding hydrogens is 1120 g/mol. The number of fused-ring (bicyclic) bond motifs is 2. The predicted molar refractivity (Wildman–Crippen MR) is 332 cm³/mol. The van der Waals surface area contributed by atoms with Gasteiger partial charge in [-0.25, -0.2) is 25.3 Å². The molecule has 12 rings (SSSR count). The summed E-state index contributed by atoms with van der Waals surface area (Å²) in [7, 11) is -9.86. The summed E-state index contributed by atoms with van der Waals surface area (Å²) >= 11 is 0. The molecule has 0 saturated carbocycles. The van der Waals surface area contributed by atoms with Crippen molar-refractivity contribution < 1.29 is 44.2 Å². The molecule has 0 N–H and O–H groups in total. The standard InChI is InChI=1S/C72H54O10S3/c1-49-21-33-57(34-22-49)83(73,74)58-35-23-52(24-36-58)80-53-25-37-59(38-26-53)84(75,76)60-39-27-54(28-40-60)81-55-29-41-61(42-30-55)85(77,78)62-43-31-56(32-44-62)82-70-48-46-68(64-18-10-12-20-66(64)70)72(51-15-7-4-8-16-51)71(50-13-5-3-6-14-50)67-45-47-69(79-2)65-19-11-9-17-63(65)67/h3-46,48,69H,47H2,1-2H3/b72-71+. The number of sulfone groups is 3. The number of aryl methyl sites for hydroxylation is 1. The van der Waals surface area contributed by atoms with E-state index >= 15 is 0 Å². The Bertz CT molecular complexity index is 4670. The average molecular weight is 1180 g/mol. The highest BCUT2D eigenvalue weighted by Gasteiger charge is 2.28. The molecule has 13 heteroatoms. The Morgan fingerprint density at radius 2 is 0.729 bits per heavy atom. The smallest absolute Gasteiger partial charge is 0.206 e. The van der Waals surface area contributed by atoms with Crippen LogP contribution in [0.3, 0.4) is 0 Å². The van der Waals surface area contributed by atoms with Gasteiger partial charge in [0.15, 0.2) is 0 Å². The maximum atomic E-state index is 14.0. The molecule has 1 aliphatic rings. The van der Waals surface area contributed by atoms with E-state index < -0.39 is 29.5 Å². The van der Waals surface area contributed by atoms with Gasteiger partial charge in [-0.3, -0.25) is 0 Å². The lowest BCUT2D eigenvalue weighted by atomic mass is 9.78. The predicted octanol–water partition coefficient (Wildman–Crippen LogP) is 17.2. The first-order valence-electron chi connectivity index (χ1n) is 27.3. The minimum Gasteiger partial charge on any atom is -0.457 e. The molecule has 1 unspecified atom stereocenters. The lowest BCUT2D eigenvalue weighted by Gasteiger charge is -2.28. The van der Waals surface area contributed by atoms with Gasteiger partial charge in [-0.15, -0.1) is 0 Å². The van der Waals surface area contributed by atoms with Crippen LogP contribution in [0.15, 0.2) is 302 Å². The molecule has 1 atom stereocenters. The molecule has 1 aliphatic carbocycles. The van der Waals surface area contributed by atoms with Crippen molar-refractivity contribution in [1.29, 1.82) is 0 Å². The van der Waals surface area contributed by atoms with Crippen LogP contribution in [0, 0.1) is 6.92 Å². The molecule has 420 valence electrons. The van der Waals surface area contributed by atoms with Crippen LogP contribution in [-0.2, 0) is 34.2 Å². The van der Waals surface area contributed by atoms with E-state index in [0.717, 1.165) is 67.3 Å². The van der Waals surface area contributed by atoms with Gasteiger partial charge in [-0.05, 0) is 209 Å². The largest absolute Gasteiger partial charge is 0.457 e. The highest BCUT2D eigenvalue weighted by Crippen LogP contribution is 2.48. The van der Waals surface area contributed by atoms with Gasteiger partial charge in [0, 0.05) is 12.5 Å². The lowest BCUT2D eigenvalue weighted by Crippen LogP contribution is -2.10. The van der Waals surface area contributed by atoms with E-state index in [0.29, 0.717) is 34.5 Å². The molecule has 0 heterocycles. The van der Waals surface area contributed by atoms with Crippen LogP contribution in [0.25, 0.3) is 27.5 Å². The fourth-order valence-electron chi connectivity index (χ4n) is 10.6. The fourth-order valence-corrected chi connectivity index (χ4v) is 14.3. The molecule has 0 saturated heterocycles. The fraction of sp³-hybridized carbons (Fsp3) is 0.0556. The zero-order chi connectivity index (χ0) is 58.7. The first-order chi connectivity index (χ1) is 41.2. The first-order valence-corrected chi connectivity index (χ1v) is 31.8.